The second kappa shape index (κ2) is 13.0. The van der Waals surface area contributed by atoms with Crippen molar-refractivity contribution in [1.29, 1.82) is 0 Å². The van der Waals surface area contributed by atoms with Crippen LogP contribution < -0.4 is 5.11 Å². The van der Waals surface area contributed by atoms with Crippen molar-refractivity contribution in [3.63, 3.8) is 0 Å². The van der Waals surface area contributed by atoms with Gasteiger partial charge in [0.05, 0.1) is 21.1 Å². The molecule has 0 saturated carbocycles. The minimum Gasteiger partial charge on any atom is -0.550 e. The highest BCUT2D eigenvalue weighted by Gasteiger charge is 2.22. The first-order valence-corrected chi connectivity index (χ1v) is 9.09. The molecule has 0 fully saturated rings. The van der Waals surface area contributed by atoms with Crippen LogP contribution in [0.15, 0.2) is 12.2 Å². The van der Waals surface area contributed by atoms with Gasteiger partial charge in [-0.2, -0.15) is 0 Å². The molecule has 0 saturated heterocycles. The summed E-state index contributed by atoms with van der Waals surface area (Å²) in [6, 6.07) is 0. The van der Waals surface area contributed by atoms with Gasteiger partial charge >= 0.3 is 5.97 Å². The molecule has 0 aliphatic heterocycles. The highest BCUT2D eigenvalue weighted by molar-refractivity contribution is 5.70. The minimum atomic E-state index is -1.18. The third-order valence-electron chi connectivity index (χ3n) is 3.57. The predicted octanol–water partition coefficient (Wildman–Crippen LogP) is 2.44. The number of carboxylic acid groups (broad SMARTS) is 1. The van der Waals surface area contributed by atoms with E-state index in [1.165, 1.54) is 6.42 Å². The van der Waals surface area contributed by atoms with Gasteiger partial charge in [-0.15, -0.1) is 0 Å². The number of rotatable bonds is 14. The van der Waals surface area contributed by atoms with Crippen LogP contribution in [0.25, 0.3) is 0 Å². The van der Waals surface area contributed by atoms with Gasteiger partial charge in [0.2, 0.25) is 0 Å². The molecule has 0 radical (unpaired) electrons. The number of carbonyl (C=O) groups excluding carboxylic acids is 2. The van der Waals surface area contributed by atoms with Crippen LogP contribution in [0.3, 0.4) is 0 Å². The van der Waals surface area contributed by atoms with E-state index < -0.39 is 12.1 Å². The van der Waals surface area contributed by atoms with Crippen molar-refractivity contribution in [3.05, 3.63) is 12.2 Å². The van der Waals surface area contributed by atoms with Crippen molar-refractivity contribution < 1.29 is 23.9 Å². The van der Waals surface area contributed by atoms with Gasteiger partial charge in [0, 0.05) is 18.8 Å². The van der Waals surface area contributed by atoms with Gasteiger partial charge in [0.15, 0.2) is 6.10 Å². The Kier molecular flexibility index (Phi) is 12.3. The Balaban J connectivity index is 3.90. The molecular weight excluding hydrogens is 306 g/mol. The SMILES string of the molecule is CCC/C=C/CCCCCCC(=O)OC(CC(=O)[O-])C[N+](C)(C)C. The van der Waals surface area contributed by atoms with Crippen LogP contribution in [0, 0.1) is 0 Å². The van der Waals surface area contributed by atoms with Gasteiger partial charge in [0.25, 0.3) is 0 Å². The highest BCUT2D eigenvalue weighted by atomic mass is 16.5. The van der Waals surface area contributed by atoms with E-state index in [-0.39, 0.29) is 12.4 Å². The van der Waals surface area contributed by atoms with Gasteiger partial charge in [-0.25, -0.2) is 0 Å². The van der Waals surface area contributed by atoms with Crippen LogP contribution in [-0.2, 0) is 14.3 Å². The molecule has 0 spiro atoms. The van der Waals surface area contributed by atoms with Gasteiger partial charge in [-0.1, -0.05) is 38.3 Å². The van der Waals surface area contributed by atoms with E-state index in [4.69, 9.17) is 4.74 Å². The number of aliphatic carboxylic acids is 1. The Morgan fingerprint density at radius 1 is 1.04 bits per heavy atom. The smallest absolute Gasteiger partial charge is 0.306 e. The molecule has 5 nitrogen and oxygen atoms in total. The van der Waals surface area contributed by atoms with Gasteiger partial charge < -0.3 is 19.1 Å². The zero-order chi connectivity index (χ0) is 18.4. The van der Waals surface area contributed by atoms with E-state index in [9.17, 15) is 14.7 Å². The Morgan fingerprint density at radius 3 is 2.25 bits per heavy atom. The number of quaternary nitrogens is 1. The first-order valence-electron chi connectivity index (χ1n) is 9.09. The van der Waals surface area contributed by atoms with Crippen LogP contribution in [-0.4, -0.2) is 50.2 Å². The number of likely N-dealkylation sites (N-methyl/N-ethyl adjacent to an activating group) is 1. The summed E-state index contributed by atoms with van der Waals surface area (Å²) in [6.07, 6.45) is 11.4. The first kappa shape index (κ1) is 22.6. The van der Waals surface area contributed by atoms with Crippen molar-refractivity contribution in [2.24, 2.45) is 0 Å². The van der Waals surface area contributed by atoms with E-state index in [0.29, 0.717) is 17.4 Å². The van der Waals surface area contributed by atoms with Crippen molar-refractivity contribution in [1.82, 2.24) is 0 Å². The van der Waals surface area contributed by atoms with Gasteiger partial charge in [0.1, 0.15) is 6.54 Å². The molecule has 0 aromatic rings. The third kappa shape index (κ3) is 15.5. The molecule has 0 aromatic heterocycles. The second-order valence-corrected chi connectivity index (χ2v) is 7.37. The number of ether oxygens (including phenoxy) is 1. The summed E-state index contributed by atoms with van der Waals surface area (Å²) in [5, 5.41) is 10.8. The predicted molar refractivity (Wildman–Crippen MR) is 94.2 cm³/mol. The van der Waals surface area contributed by atoms with Crippen LogP contribution in [0.2, 0.25) is 0 Å². The standard InChI is InChI=1S/C19H35NO4/c1-5-6-7-8-9-10-11-12-13-14-19(23)24-17(15-18(21)22)16-20(2,3)4/h7-8,17H,5-6,9-16H2,1-4H3/b8-7+. The quantitative estimate of drug-likeness (QED) is 0.211. The molecule has 0 aromatic carbocycles. The summed E-state index contributed by atoms with van der Waals surface area (Å²) in [5.74, 6) is -1.49. The molecule has 24 heavy (non-hydrogen) atoms. The number of carboxylic acids is 1. The lowest BCUT2D eigenvalue weighted by molar-refractivity contribution is -0.873. The summed E-state index contributed by atoms with van der Waals surface area (Å²) in [6.45, 7) is 2.63. The van der Waals surface area contributed by atoms with Crippen LogP contribution in [0.5, 0.6) is 0 Å². The summed E-state index contributed by atoms with van der Waals surface area (Å²) in [5.41, 5.74) is 0. The lowest BCUT2D eigenvalue weighted by atomic mass is 10.1. The summed E-state index contributed by atoms with van der Waals surface area (Å²) in [7, 11) is 5.81. The maximum absolute atomic E-state index is 11.9. The monoisotopic (exact) mass is 341 g/mol. The molecule has 140 valence electrons. The molecule has 0 aliphatic rings. The van der Waals surface area contributed by atoms with Crippen molar-refractivity contribution in [2.75, 3.05) is 27.7 Å². The molecule has 1 atom stereocenters. The number of esters is 1. The molecule has 0 aliphatic carbocycles. The minimum absolute atomic E-state index is 0.245. The largest absolute Gasteiger partial charge is 0.550 e. The van der Waals surface area contributed by atoms with E-state index in [0.717, 1.165) is 38.5 Å². The van der Waals surface area contributed by atoms with Gasteiger partial charge in [-0.05, 0) is 25.7 Å². The van der Waals surface area contributed by atoms with Crippen molar-refractivity contribution >= 4 is 11.9 Å². The normalized spacial score (nSPS) is 13.2. The summed E-state index contributed by atoms with van der Waals surface area (Å²) < 4.78 is 5.86. The second-order valence-electron chi connectivity index (χ2n) is 7.37. The van der Waals surface area contributed by atoms with Gasteiger partial charge in [-0.3, -0.25) is 4.79 Å². The molecule has 0 N–H and O–H groups in total. The van der Waals surface area contributed by atoms with E-state index in [1.54, 1.807) is 0 Å². The van der Waals surface area contributed by atoms with E-state index in [1.807, 2.05) is 21.1 Å². The molecule has 5 heteroatoms. The molecule has 1 unspecified atom stereocenters. The lowest BCUT2D eigenvalue weighted by Gasteiger charge is -2.29. The zero-order valence-electron chi connectivity index (χ0n) is 15.9. The third-order valence-corrected chi connectivity index (χ3v) is 3.57. The molecule has 0 heterocycles. The van der Waals surface area contributed by atoms with E-state index in [2.05, 4.69) is 19.1 Å². The Morgan fingerprint density at radius 2 is 1.67 bits per heavy atom. The highest BCUT2D eigenvalue weighted by Crippen LogP contribution is 2.10. The first-order chi connectivity index (χ1) is 11.2. The fourth-order valence-corrected chi connectivity index (χ4v) is 2.47. The maximum Gasteiger partial charge on any atom is 0.306 e. The molecule has 0 amide bonds. The average Bonchev–Trinajstić information content (AvgIpc) is 2.42. The van der Waals surface area contributed by atoms with Crippen molar-refractivity contribution in [3.8, 4) is 0 Å². The van der Waals surface area contributed by atoms with Crippen LogP contribution in [0.1, 0.15) is 64.7 Å². The number of nitrogens with zero attached hydrogens (tertiary/aromatic N) is 1. The maximum atomic E-state index is 11.9. The number of hydrogen-bond donors (Lipinski definition) is 0. The fraction of sp³-hybridized carbons (Fsp3) is 0.789. The number of carbonyl (C=O) groups is 2. The summed E-state index contributed by atoms with van der Waals surface area (Å²) in [4.78, 5) is 22.7. The van der Waals surface area contributed by atoms with Crippen molar-refractivity contribution in [2.45, 2.75) is 70.8 Å². The molecule has 0 rings (SSSR count). The lowest BCUT2D eigenvalue weighted by Crippen LogP contribution is -2.45. The van der Waals surface area contributed by atoms with Crippen LogP contribution >= 0.6 is 0 Å². The average molecular weight is 341 g/mol. The topological polar surface area (TPSA) is 66.4 Å². The summed E-state index contributed by atoms with van der Waals surface area (Å²) >= 11 is 0. The zero-order valence-corrected chi connectivity index (χ0v) is 15.9. The number of allylic oxidation sites excluding steroid dienone is 2. The Hall–Kier alpha value is -1.36. The Bertz CT molecular complexity index is 385. The van der Waals surface area contributed by atoms with E-state index >= 15 is 0 Å². The molecular formula is C19H35NO4. The fourth-order valence-electron chi connectivity index (χ4n) is 2.47. The number of unbranched alkanes of at least 4 members (excludes halogenated alkanes) is 5. The molecule has 0 bridgehead atoms. The van der Waals surface area contributed by atoms with Crippen LogP contribution in [0.4, 0.5) is 0 Å². The number of hydrogen-bond acceptors (Lipinski definition) is 4. The Labute approximate surface area is 147 Å².